The molecule has 1 N–H and O–H groups in total. The maximum atomic E-state index is 13.5. The van der Waals surface area contributed by atoms with Crippen LogP contribution in [0.4, 0.5) is 4.39 Å². The molecule has 0 amide bonds. The van der Waals surface area contributed by atoms with Crippen molar-refractivity contribution in [3.8, 4) is 11.5 Å². The molecule has 106 valence electrons. The number of hydrogen-bond donors (Lipinski definition) is 1. The highest BCUT2D eigenvalue weighted by atomic mass is 19.1. The first kappa shape index (κ1) is 14.5. The highest BCUT2D eigenvalue weighted by molar-refractivity contribution is 5.35. The summed E-state index contributed by atoms with van der Waals surface area (Å²) in [6.45, 7) is 5.68. The second-order valence-electron chi connectivity index (χ2n) is 4.84. The fraction of sp³-hybridized carbons (Fsp3) is 0.294. The van der Waals surface area contributed by atoms with Crippen LogP contribution in [-0.2, 0) is 6.54 Å². The summed E-state index contributed by atoms with van der Waals surface area (Å²) in [6.07, 6.45) is 1.11. The average Bonchev–Trinajstić information content (AvgIpc) is 2.44. The van der Waals surface area contributed by atoms with Gasteiger partial charge in [0.1, 0.15) is 17.3 Å². The van der Waals surface area contributed by atoms with Gasteiger partial charge in [-0.15, -0.1) is 0 Å². The SMILES string of the molecule is CCCNCc1cccc(Oc2ccc(C)c(F)c2)c1. The maximum absolute atomic E-state index is 13.5. The molecule has 2 aromatic carbocycles. The van der Waals surface area contributed by atoms with Crippen LogP contribution < -0.4 is 10.1 Å². The number of rotatable bonds is 6. The third kappa shape index (κ3) is 4.07. The molecule has 0 bridgehead atoms. The molecule has 2 rings (SSSR count). The largest absolute Gasteiger partial charge is 0.457 e. The Balaban J connectivity index is 2.05. The fourth-order valence-corrected chi connectivity index (χ4v) is 1.90. The molecular weight excluding hydrogens is 253 g/mol. The Morgan fingerprint density at radius 2 is 1.90 bits per heavy atom. The van der Waals surface area contributed by atoms with E-state index in [0.29, 0.717) is 11.3 Å². The Labute approximate surface area is 119 Å². The molecule has 0 spiro atoms. The minimum Gasteiger partial charge on any atom is -0.457 e. The van der Waals surface area contributed by atoms with Crippen LogP contribution in [0.3, 0.4) is 0 Å². The lowest BCUT2D eigenvalue weighted by molar-refractivity contribution is 0.475. The van der Waals surface area contributed by atoms with Crippen LogP contribution in [0.1, 0.15) is 24.5 Å². The van der Waals surface area contributed by atoms with Gasteiger partial charge >= 0.3 is 0 Å². The second-order valence-corrected chi connectivity index (χ2v) is 4.84. The van der Waals surface area contributed by atoms with Crippen LogP contribution in [0.2, 0.25) is 0 Å². The third-order valence-electron chi connectivity index (χ3n) is 3.03. The van der Waals surface area contributed by atoms with Crippen molar-refractivity contribution in [2.45, 2.75) is 26.8 Å². The van der Waals surface area contributed by atoms with Crippen molar-refractivity contribution >= 4 is 0 Å². The molecular formula is C17H20FNO. The van der Waals surface area contributed by atoms with Crippen LogP contribution in [-0.4, -0.2) is 6.54 Å². The van der Waals surface area contributed by atoms with Crippen molar-refractivity contribution in [1.29, 1.82) is 0 Å². The zero-order valence-electron chi connectivity index (χ0n) is 11.9. The van der Waals surface area contributed by atoms with Crippen LogP contribution in [0, 0.1) is 12.7 Å². The first-order valence-corrected chi connectivity index (χ1v) is 6.92. The minimum atomic E-state index is -0.247. The van der Waals surface area contributed by atoms with Crippen LogP contribution in [0.25, 0.3) is 0 Å². The molecule has 20 heavy (non-hydrogen) atoms. The Morgan fingerprint density at radius 3 is 2.65 bits per heavy atom. The van der Waals surface area contributed by atoms with Gasteiger partial charge in [-0.25, -0.2) is 4.39 Å². The molecule has 0 atom stereocenters. The summed E-state index contributed by atoms with van der Waals surface area (Å²) >= 11 is 0. The summed E-state index contributed by atoms with van der Waals surface area (Å²) < 4.78 is 19.2. The monoisotopic (exact) mass is 273 g/mol. The summed E-state index contributed by atoms with van der Waals surface area (Å²) in [5, 5.41) is 3.34. The zero-order chi connectivity index (χ0) is 14.4. The van der Waals surface area contributed by atoms with E-state index >= 15 is 0 Å². The van der Waals surface area contributed by atoms with Gasteiger partial charge in [0, 0.05) is 12.6 Å². The molecule has 0 aromatic heterocycles. The predicted molar refractivity (Wildman–Crippen MR) is 79.7 cm³/mol. The number of benzene rings is 2. The molecule has 0 aliphatic rings. The molecule has 2 aromatic rings. The van der Waals surface area contributed by atoms with Gasteiger partial charge in [0.2, 0.25) is 0 Å². The van der Waals surface area contributed by atoms with Crippen LogP contribution >= 0.6 is 0 Å². The summed E-state index contributed by atoms with van der Waals surface area (Å²) in [5.41, 5.74) is 1.78. The summed E-state index contributed by atoms with van der Waals surface area (Å²) in [6, 6.07) is 12.8. The minimum absolute atomic E-state index is 0.247. The van der Waals surface area contributed by atoms with Crippen molar-refractivity contribution in [1.82, 2.24) is 5.32 Å². The van der Waals surface area contributed by atoms with E-state index in [1.54, 1.807) is 19.1 Å². The Morgan fingerprint density at radius 1 is 1.10 bits per heavy atom. The lowest BCUT2D eigenvalue weighted by Gasteiger charge is -2.09. The van der Waals surface area contributed by atoms with Gasteiger partial charge < -0.3 is 10.1 Å². The number of hydrogen-bond acceptors (Lipinski definition) is 2. The molecule has 0 fully saturated rings. The van der Waals surface area contributed by atoms with Crippen LogP contribution in [0.15, 0.2) is 42.5 Å². The first-order chi connectivity index (χ1) is 9.69. The fourth-order valence-electron chi connectivity index (χ4n) is 1.90. The van der Waals surface area contributed by atoms with E-state index in [0.717, 1.165) is 30.8 Å². The third-order valence-corrected chi connectivity index (χ3v) is 3.03. The predicted octanol–water partition coefficient (Wildman–Crippen LogP) is 4.43. The van der Waals surface area contributed by atoms with Crippen molar-refractivity contribution in [3.05, 3.63) is 59.4 Å². The molecule has 0 saturated heterocycles. The number of nitrogens with one attached hydrogen (secondary N) is 1. The highest BCUT2D eigenvalue weighted by Crippen LogP contribution is 2.24. The number of ether oxygens (including phenoxy) is 1. The summed E-state index contributed by atoms with van der Waals surface area (Å²) in [5.74, 6) is 0.999. The summed E-state index contributed by atoms with van der Waals surface area (Å²) in [4.78, 5) is 0. The Kier molecular flexibility index (Phi) is 5.13. The summed E-state index contributed by atoms with van der Waals surface area (Å²) in [7, 11) is 0. The molecule has 0 saturated carbocycles. The maximum Gasteiger partial charge on any atom is 0.130 e. The van der Waals surface area contributed by atoms with Gasteiger partial charge in [-0.2, -0.15) is 0 Å². The standard InChI is InChI=1S/C17H20FNO/c1-3-9-19-12-14-5-4-6-15(10-14)20-16-8-7-13(2)17(18)11-16/h4-8,10-11,19H,3,9,12H2,1-2H3. The zero-order valence-corrected chi connectivity index (χ0v) is 11.9. The quantitative estimate of drug-likeness (QED) is 0.786. The Hall–Kier alpha value is -1.87. The Bertz CT molecular complexity index is 569. The van der Waals surface area contributed by atoms with E-state index in [9.17, 15) is 4.39 Å². The van der Waals surface area contributed by atoms with Crippen LogP contribution in [0.5, 0.6) is 11.5 Å². The molecule has 0 radical (unpaired) electrons. The van der Waals surface area contributed by atoms with Crippen molar-refractivity contribution in [3.63, 3.8) is 0 Å². The lowest BCUT2D eigenvalue weighted by Crippen LogP contribution is -2.13. The molecule has 0 aliphatic heterocycles. The van der Waals surface area contributed by atoms with E-state index < -0.39 is 0 Å². The normalized spacial score (nSPS) is 10.6. The molecule has 2 nitrogen and oxygen atoms in total. The van der Waals surface area contributed by atoms with Gasteiger partial charge in [0.25, 0.3) is 0 Å². The van der Waals surface area contributed by atoms with Gasteiger partial charge in [-0.3, -0.25) is 0 Å². The van der Waals surface area contributed by atoms with E-state index in [1.807, 2.05) is 24.3 Å². The van der Waals surface area contributed by atoms with Crippen molar-refractivity contribution < 1.29 is 9.13 Å². The van der Waals surface area contributed by atoms with E-state index in [2.05, 4.69) is 12.2 Å². The second kappa shape index (κ2) is 7.06. The van der Waals surface area contributed by atoms with Gasteiger partial charge in [0.15, 0.2) is 0 Å². The average molecular weight is 273 g/mol. The highest BCUT2D eigenvalue weighted by Gasteiger charge is 2.02. The van der Waals surface area contributed by atoms with Gasteiger partial charge in [-0.05, 0) is 49.2 Å². The van der Waals surface area contributed by atoms with Gasteiger partial charge in [-0.1, -0.05) is 25.1 Å². The van der Waals surface area contributed by atoms with E-state index in [1.165, 1.54) is 6.07 Å². The van der Waals surface area contributed by atoms with E-state index in [-0.39, 0.29) is 5.82 Å². The molecule has 3 heteroatoms. The van der Waals surface area contributed by atoms with Crippen molar-refractivity contribution in [2.24, 2.45) is 0 Å². The first-order valence-electron chi connectivity index (χ1n) is 6.92. The lowest BCUT2D eigenvalue weighted by atomic mass is 10.2. The molecule has 0 unspecified atom stereocenters. The van der Waals surface area contributed by atoms with E-state index in [4.69, 9.17) is 4.74 Å². The topological polar surface area (TPSA) is 21.3 Å². The molecule has 0 aliphatic carbocycles. The number of halogens is 1. The van der Waals surface area contributed by atoms with Gasteiger partial charge in [0.05, 0.1) is 0 Å². The smallest absolute Gasteiger partial charge is 0.130 e. The molecule has 0 heterocycles. The van der Waals surface area contributed by atoms with Crippen molar-refractivity contribution in [2.75, 3.05) is 6.54 Å². The number of aryl methyl sites for hydroxylation is 1.